The molecule has 0 aromatic carbocycles. The predicted octanol–water partition coefficient (Wildman–Crippen LogP) is 1.53. The van der Waals surface area contributed by atoms with E-state index in [0.29, 0.717) is 31.7 Å². The van der Waals surface area contributed by atoms with Gasteiger partial charge in [0, 0.05) is 23.5 Å². The summed E-state index contributed by atoms with van der Waals surface area (Å²) in [7, 11) is 1.44. The molecule has 1 amide bonds. The molecule has 2 rings (SSSR count). The number of hydrogen-bond acceptors (Lipinski definition) is 4. The third-order valence-corrected chi connectivity index (χ3v) is 4.21. The fourth-order valence-electron chi connectivity index (χ4n) is 2.09. The number of carboxylic acid groups (broad SMARTS) is 2. The minimum absolute atomic E-state index is 0.200. The van der Waals surface area contributed by atoms with Gasteiger partial charge in [0.05, 0.1) is 7.11 Å². The molecule has 0 spiro atoms. The molecular weight excluding hydrogens is 258 g/mol. The van der Waals surface area contributed by atoms with E-state index < -0.39 is 12.1 Å². The number of carboxylic acids is 1. The van der Waals surface area contributed by atoms with Crippen molar-refractivity contribution < 1.29 is 24.5 Å². The van der Waals surface area contributed by atoms with E-state index in [1.807, 2.05) is 0 Å². The number of thiophene rings is 1. The fourth-order valence-corrected chi connectivity index (χ4v) is 3.24. The van der Waals surface area contributed by atoms with Crippen LogP contribution in [0.2, 0.25) is 0 Å². The summed E-state index contributed by atoms with van der Waals surface area (Å²) in [6, 6.07) is 0. The molecular formula is C11H13NO5S. The van der Waals surface area contributed by atoms with Gasteiger partial charge < -0.3 is 19.8 Å². The van der Waals surface area contributed by atoms with Crippen LogP contribution in [0, 0.1) is 0 Å². The molecule has 1 aromatic heterocycles. The first-order valence-corrected chi connectivity index (χ1v) is 6.26. The lowest BCUT2D eigenvalue weighted by Gasteiger charge is -2.15. The summed E-state index contributed by atoms with van der Waals surface area (Å²) >= 11 is 1.18. The van der Waals surface area contributed by atoms with Crippen molar-refractivity contribution in [3.63, 3.8) is 0 Å². The maximum atomic E-state index is 11.1. The minimum Gasteiger partial charge on any atom is -0.495 e. The zero-order valence-corrected chi connectivity index (χ0v) is 10.6. The van der Waals surface area contributed by atoms with Gasteiger partial charge in [-0.1, -0.05) is 0 Å². The Morgan fingerprint density at radius 2 is 1.94 bits per heavy atom. The van der Waals surface area contributed by atoms with Crippen molar-refractivity contribution in [2.24, 2.45) is 0 Å². The molecule has 1 aromatic rings. The summed E-state index contributed by atoms with van der Waals surface area (Å²) in [6.07, 6.45) is 0.0902. The van der Waals surface area contributed by atoms with Crippen molar-refractivity contribution in [1.29, 1.82) is 0 Å². The average molecular weight is 271 g/mol. The normalized spacial score (nSPS) is 14.8. The number of rotatable bonds is 2. The first-order chi connectivity index (χ1) is 8.54. The molecule has 0 radical (unpaired) electrons. The molecule has 1 aliphatic heterocycles. The maximum absolute atomic E-state index is 11.1. The second-order valence-electron chi connectivity index (χ2n) is 3.94. The first kappa shape index (κ1) is 12.7. The van der Waals surface area contributed by atoms with Crippen molar-refractivity contribution in [3.8, 4) is 5.75 Å². The second kappa shape index (κ2) is 4.85. The molecule has 1 aliphatic rings. The average Bonchev–Trinajstić information content (AvgIpc) is 2.54. The van der Waals surface area contributed by atoms with Crippen LogP contribution in [0.4, 0.5) is 4.79 Å². The van der Waals surface area contributed by atoms with Crippen LogP contribution in [0.15, 0.2) is 0 Å². The van der Waals surface area contributed by atoms with E-state index in [2.05, 4.69) is 0 Å². The van der Waals surface area contributed by atoms with Gasteiger partial charge in [-0.3, -0.25) is 0 Å². The molecule has 0 aliphatic carbocycles. The van der Waals surface area contributed by atoms with E-state index in [1.165, 1.54) is 23.3 Å². The number of amides is 1. The number of ether oxygens (including phenoxy) is 1. The Bertz CT molecular complexity index is 496. The number of carbonyl (C=O) groups is 2. The molecule has 0 saturated heterocycles. The van der Waals surface area contributed by atoms with Gasteiger partial charge in [-0.2, -0.15) is 0 Å². The van der Waals surface area contributed by atoms with Crippen molar-refractivity contribution in [2.75, 3.05) is 20.2 Å². The van der Waals surface area contributed by atoms with Gasteiger partial charge in [0.15, 0.2) is 4.88 Å². The number of aromatic carboxylic acids is 1. The van der Waals surface area contributed by atoms with Crippen LogP contribution < -0.4 is 4.74 Å². The zero-order chi connectivity index (χ0) is 13.3. The second-order valence-corrected chi connectivity index (χ2v) is 5.05. The summed E-state index contributed by atoms with van der Waals surface area (Å²) < 4.78 is 5.16. The highest BCUT2D eigenvalue weighted by atomic mass is 32.1. The van der Waals surface area contributed by atoms with Gasteiger partial charge in [0.2, 0.25) is 0 Å². The summed E-state index contributed by atoms with van der Waals surface area (Å²) in [5, 5.41) is 18.0. The molecule has 98 valence electrons. The Hall–Kier alpha value is -1.76. The van der Waals surface area contributed by atoms with Crippen molar-refractivity contribution in [2.45, 2.75) is 12.8 Å². The highest BCUT2D eigenvalue weighted by Crippen LogP contribution is 2.37. The number of methoxy groups -OCH3 is 1. The van der Waals surface area contributed by atoms with E-state index in [4.69, 9.17) is 14.9 Å². The lowest BCUT2D eigenvalue weighted by atomic mass is 10.1. The maximum Gasteiger partial charge on any atom is 0.407 e. The molecule has 0 saturated carbocycles. The Morgan fingerprint density at radius 3 is 2.50 bits per heavy atom. The van der Waals surface area contributed by atoms with Gasteiger partial charge in [0.1, 0.15) is 5.75 Å². The van der Waals surface area contributed by atoms with Gasteiger partial charge in [-0.25, -0.2) is 9.59 Å². The summed E-state index contributed by atoms with van der Waals surface area (Å²) in [4.78, 5) is 24.4. The monoisotopic (exact) mass is 271 g/mol. The first-order valence-electron chi connectivity index (χ1n) is 5.44. The van der Waals surface area contributed by atoms with Gasteiger partial charge >= 0.3 is 12.1 Å². The van der Waals surface area contributed by atoms with Crippen LogP contribution in [-0.4, -0.2) is 47.4 Å². The van der Waals surface area contributed by atoms with Gasteiger partial charge in [-0.05, 0) is 12.8 Å². The molecule has 2 N–H and O–H groups in total. The highest BCUT2D eigenvalue weighted by molar-refractivity contribution is 7.14. The molecule has 0 atom stereocenters. The van der Waals surface area contributed by atoms with Crippen molar-refractivity contribution >= 4 is 23.4 Å². The third-order valence-electron chi connectivity index (χ3n) is 2.95. The quantitative estimate of drug-likeness (QED) is 0.851. The topological polar surface area (TPSA) is 87.1 Å². The van der Waals surface area contributed by atoms with E-state index in [1.54, 1.807) is 0 Å². The highest BCUT2D eigenvalue weighted by Gasteiger charge is 2.27. The van der Waals surface area contributed by atoms with E-state index in [-0.39, 0.29) is 4.88 Å². The molecule has 18 heavy (non-hydrogen) atoms. The summed E-state index contributed by atoms with van der Waals surface area (Å²) in [5.41, 5.74) is 0.837. The largest absolute Gasteiger partial charge is 0.495 e. The molecule has 0 unspecified atom stereocenters. The predicted molar refractivity (Wildman–Crippen MR) is 64.8 cm³/mol. The van der Waals surface area contributed by atoms with Gasteiger partial charge in [-0.15, -0.1) is 11.3 Å². The smallest absolute Gasteiger partial charge is 0.407 e. The minimum atomic E-state index is -1.000. The van der Waals surface area contributed by atoms with Crippen LogP contribution in [0.3, 0.4) is 0 Å². The Kier molecular flexibility index (Phi) is 3.42. The number of hydrogen-bond donors (Lipinski definition) is 2. The van der Waals surface area contributed by atoms with E-state index in [0.717, 1.165) is 10.4 Å². The lowest BCUT2D eigenvalue weighted by molar-refractivity contribution is 0.0698. The Morgan fingerprint density at radius 1 is 1.28 bits per heavy atom. The van der Waals surface area contributed by atoms with E-state index in [9.17, 15) is 9.59 Å². The summed E-state index contributed by atoms with van der Waals surface area (Å²) in [5.74, 6) is -0.616. The van der Waals surface area contributed by atoms with Crippen molar-refractivity contribution in [1.82, 2.24) is 4.90 Å². The van der Waals surface area contributed by atoms with Crippen molar-refractivity contribution in [3.05, 3.63) is 15.3 Å². The van der Waals surface area contributed by atoms with E-state index >= 15 is 0 Å². The number of fused-ring (bicyclic) bond motifs is 1. The van der Waals surface area contributed by atoms with Gasteiger partial charge in [0.25, 0.3) is 0 Å². The van der Waals surface area contributed by atoms with Crippen LogP contribution in [0.5, 0.6) is 5.75 Å². The standard InChI is InChI=1S/C11H13NO5S/c1-17-8-6-2-4-12(11(15)16)5-3-7(6)18-9(8)10(13)14/h2-5H2,1H3,(H,13,14)(H,15,16). The molecule has 2 heterocycles. The fraction of sp³-hybridized carbons (Fsp3) is 0.455. The van der Waals surface area contributed by atoms with Crippen LogP contribution in [0.25, 0.3) is 0 Å². The van der Waals surface area contributed by atoms with Crippen LogP contribution in [0.1, 0.15) is 20.1 Å². The Balaban J connectivity index is 2.34. The SMILES string of the molecule is COc1c(C(=O)O)sc2c1CCN(C(=O)O)CC2. The molecule has 7 heteroatoms. The van der Waals surface area contributed by atoms with Crippen LogP contribution in [-0.2, 0) is 12.8 Å². The van der Waals surface area contributed by atoms with Crippen LogP contribution >= 0.6 is 11.3 Å². The Labute approximate surface area is 107 Å². The third kappa shape index (κ3) is 2.13. The lowest BCUT2D eigenvalue weighted by Crippen LogP contribution is -2.31. The summed E-state index contributed by atoms with van der Waals surface area (Å²) in [6.45, 7) is 0.763. The zero-order valence-electron chi connectivity index (χ0n) is 9.80. The molecule has 0 bridgehead atoms. The molecule has 0 fully saturated rings. The number of nitrogens with zero attached hydrogens (tertiary/aromatic N) is 1. The molecule has 6 nitrogen and oxygen atoms in total.